The van der Waals surface area contributed by atoms with E-state index < -0.39 is 7.92 Å². The van der Waals surface area contributed by atoms with Gasteiger partial charge in [0.2, 0.25) is 0 Å². The molecule has 3 aromatic rings. The minimum Gasteiger partial charge on any atom is -0.213 e. The van der Waals surface area contributed by atoms with E-state index in [2.05, 4.69) is 91.6 Å². The zero-order valence-electron chi connectivity index (χ0n) is 13.4. The van der Waals surface area contributed by atoms with Gasteiger partial charge in [0.05, 0.1) is 24.7 Å². The molecule has 0 aliphatic rings. The van der Waals surface area contributed by atoms with Crippen LogP contribution in [0.25, 0.3) is 0 Å². The first-order chi connectivity index (χ1) is 11.4. The van der Waals surface area contributed by atoms with Crippen molar-refractivity contribution >= 4 is 18.5 Å². The minimum absolute atomic E-state index is 0. The fourth-order valence-electron chi connectivity index (χ4n) is 2.78. The molecule has 24 heavy (non-hydrogen) atoms. The van der Waals surface area contributed by atoms with E-state index in [1.54, 1.807) is 0 Å². The summed E-state index contributed by atoms with van der Waals surface area (Å²) in [5.74, 6) is 0. The van der Waals surface area contributed by atoms with Crippen LogP contribution in [0.2, 0.25) is 0 Å². The van der Waals surface area contributed by atoms with E-state index in [0.717, 1.165) is 0 Å². The first-order valence-corrected chi connectivity index (χ1v) is 9.52. The second kappa shape index (κ2) is 11.9. The molecule has 0 saturated heterocycles. The van der Waals surface area contributed by atoms with Crippen molar-refractivity contribution in [3.63, 3.8) is 0 Å². The summed E-state index contributed by atoms with van der Waals surface area (Å²) in [6.07, 6.45) is 3.76. The van der Waals surface area contributed by atoms with Crippen molar-refractivity contribution in [3.8, 4) is 0 Å². The van der Waals surface area contributed by atoms with Crippen LogP contribution in [0.15, 0.2) is 84.9 Å². The Morgan fingerprint density at radius 3 is 1.67 bits per heavy atom. The fourth-order valence-corrected chi connectivity index (χ4v) is 5.41. The van der Waals surface area contributed by atoms with Crippen molar-refractivity contribution in [1.82, 2.24) is 0 Å². The van der Waals surface area contributed by atoms with Gasteiger partial charge in [-0.15, -0.1) is 0 Å². The Hall–Kier alpha value is -1.53. The molecule has 0 aromatic heterocycles. The number of aryl methyl sites for hydroxylation is 1. The van der Waals surface area contributed by atoms with E-state index in [-0.39, 0.29) is 16.8 Å². The Morgan fingerprint density at radius 2 is 1.21 bits per heavy atom. The summed E-state index contributed by atoms with van der Waals surface area (Å²) in [5.41, 5.74) is 1.47. The first-order valence-electron chi connectivity index (χ1n) is 7.81. The summed E-state index contributed by atoms with van der Waals surface area (Å²) >= 11 is 0. The summed E-state index contributed by atoms with van der Waals surface area (Å²) < 4.78 is 7.50. The van der Waals surface area contributed by atoms with Crippen molar-refractivity contribution in [2.45, 2.75) is 12.8 Å². The molecule has 0 saturated carbocycles. The molecule has 0 aliphatic heterocycles. The van der Waals surface area contributed by atoms with Crippen LogP contribution in [-0.2, 0) is 27.9 Å². The zero-order chi connectivity index (χ0) is 16.3. The molecule has 0 unspecified atom stereocenters. The number of hydrogen-bond acceptors (Lipinski definition) is 0. The van der Waals surface area contributed by atoms with Crippen molar-refractivity contribution in [3.05, 3.63) is 97.1 Å². The van der Waals surface area contributed by atoms with Crippen LogP contribution < -0.4 is 10.6 Å². The van der Waals surface area contributed by atoms with Crippen molar-refractivity contribution in [1.29, 1.82) is 0 Å². The maximum Gasteiger partial charge on any atom is 0.0966 e. The van der Waals surface area contributed by atoms with Crippen LogP contribution in [0.3, 0.4) is 0 Å². The Morgan fingerprint density at radius 1 is 0.750 bits per heavy atom. The molecule has 0 atom stereocenters. The maximum absolute atomic E-state index is 7.50. The first kappa shape index (κ1) is 20.5. The molecule has 125 valence electrons. The number of benzene rings is 2. The predicted octanol–water partition coefficient (Wildman–Crippen LogP) is 4.16. The Balaban J connectivity index is 0.000000925. The third-order valence-electron chi connectivity index (χ3n) is 3.87. The van der Waals surface area contributed by atoms with Gasteiger partial charge in [0.15, 0.2) is 0 Å². The molecule has 3 heteroatoms. The molecule has 1 radical (unpaired) electrons. The van der Waals surface area contributed by atoms with Gasteiger partial charge in [-0.2, -0.15) is 17.7 Å². The summed E-state index contributed by atoms with van der Waals surface area (Å²) in [7, 11) is -0.653. The molecule has 0 amide bonds. The van der Waals surface area contributed by atoms with E-state index in [9.17, 15) is 0 Å². The van der Waals surface area contributed by atoms with Gasteiger partial charge in [0, 0.05) is 16.8 Å². The van der Waals surface area contributed by atoms with Gasteiger partial charge in [0.1, 0.15) is 0 Å². The van der Waals surface area contributed by atoms with Crippen molar-refractivity contribution in [2.75, 3.05) is 6.16 Å². The SMILES string of the molecule is [C-]#[O+].[Co].c1ccc([PH+](CCC[c-]2cccc2)c2ccccc2)cc1. The van der Waals surface area contributed by atoms with Crippen LogP contribution in [0.4, 0.5) is 0 Å². The molecule has 1 nitrogen and oxygen atoms in total. The molecular formula is C21H21CoOP. The summed E-state index contributed by atoms with van der Waals surface area (Å²) in [5, 5.41) is 3.05. The molecule has 0 fully saturated rings. The topological polar surface area (TPSA) is 19.9 Å². The molecule has 3 aromatic carbocycles. The Kier molecular flexibility index (Phi) is 10.2. The standard InChI is InChI=1S/C20H20P.CO.Co/c1-3-13-19(14-4-1)21(20-15-5-2-6-16-20)17-9-12-18-10-7-8-11-18;1-2;/h1-8,10-11,13-16H,9,12,17H2;;/q-1;;/p+1. The van der Waals surface area contributed by atoms with Crippen molar-refractivity contribution in [2.24, 2.45) is 0 Å². The third kappa shape index (κ3) is 6.17. The Labute approximate surface area is 156 Å². The second-order valence-electron chi connectivity index (χ2n) is 5.36. The monoisotopic (exact) mass is 379 g/mol. The van der Waals surface area contributed by atoms with Gasteiger partial charge >= 0.3 is 11.3 Å². The molecule has 0 bridgehead atoms. The summed E-state index contributed by atoms with van der Waals surface area (Å²) in [6, 6.07) is 30.8. The van der Waals surface area contributed by atoms with Gasteiger partial charge in [-0.25, -0.2) is 12.1 Å². The average molecular weight is 379 g/mol. The van der Waals surface area contributed by atoms with Crippen molar-refractivity contribution < 1.29 is 21.4 Å². The quantitative estimate of drug-likeness (QED) is 0.348. The van der Waals surface area contributed by atoms with Crippen LogP contribution >= 0.6 is 7.92 Å². The summed E-state index contributed by atoms with van der Waals surface area (Å²) in [6.45, 7) is 4.50. The normalized spacial score (nSPS) is 9.62. The van der Waals surface area contributed by atoms with Crippen LogP contribution in [-0.4, -0.2) is 6.16 Å². The van der Waals surface area contributed by atoms with E-state index in [4.69, 9.17) is 4.65 Å². The van der Waals surface area contributed by atoms with Crippen LogP contribution in [0, 0.1) is 6.65 Å². The van der Waals surface area contributed by atoms with Gasteiger partial charge in [-0.3, -0.25) is 0 Å². The predicted molar refractivity (Wildman–Crippen MR) is 99.6 cm³/mol. The fraction of sp³-hybridized carbons (Fsp3) is 0.143. The zero-order valence-corrected chi connectivity index (χ0v) is 15.5. The average Bonchev–Trinajstić information content (AvgIpc) is 3.15. The van der Waals surface area contributed by atoms with Gasteiger partial charge in [-0.05, 0) is 30.7 Å². The number of hydrogen-bond donors (Lipinski definition) is 0. The van der Waals surface area contributed by atoms with E-state index in [0.29, 0.717) is 0 Å². The second-order valence-corrected chi connectivity index (χ2v) is 7.97. The van der Waals surface area contributed by atoms with Gasteiger partial charge in [-0.1, -0.05) is 42.8 Å². The maximum atomic E-state index is 7.50. The smallest absolute Gasteiger partial charge is 0.0966 e. The van der Waals surface area contributed by atoms with Gasteiger partial charge < -0.3 is 0 Å². The largest absolute Gasteiger partial charge is 0.213 e. The molecule has 3 rings (SSSR count). The summed E-state index contributed by atoms with van der Waals surface area (Å²) in [4.78, 5) is 0. The molecule has 0 spiro atoms. The molecular weight excluding hydrogens is 358 g/mol. The molecule has 0 N–H and O–H groups in total. The van der Waals surface area contributed by atoms with Gasteiger partial charge in [0.25, 0.3) is 0 Å². The molecule has 0 heterocycles. The number of rotatable bonds is 6. The molecule has 0 aliphatic carbocycles. The van der Waals surface area contributed by atoms with Crippen LogP contribution in [0.5, 0.6) is 0 Å². The van der Waals surface area contributed by atoms with E-state index >= 15 is 0 Å². The van der Waals surface area contributed by atoms with E-state index in [1.807, 2.05) is 0 Å². The minimum atomic E-state index is -0.653. The van der Waals surface area contributed by atoms with Crippen LogP contribution in [0.1, 0.15) is 12.0 Å². The third-order valence-corrected chi connectivity index (χ3v) is 6.78. The van der Waals surface area contributed by atoms with E-state index in [1.165, 1.54) is 35.2 Å². The Bertz CT molecular complexity index is 638.